The average Bonchev–Trinajstić information content (AvgIpc) is 2.77. The van der Waals surface area contributed by atoms with Crippen LogP contribution < -0.4 is 0 Å². The molecular weight excluding hydrogens is 280 g/mol. The van der Waals surface area contributed by atoms with E-state index >= 15 is 0 Å². The Morgan fingerprint density at radius 1 is 1.00 bits per heavy atom. The number of fused-ring (bicyclic) bond motifs is 5. The van der Waals surface area contributed by atoms with E-state index in [9.17, 15) is 5.11 Å². The molecule has 4 saturated carbocycles. The van der Waals surface area contributed by atoms with Gasteiger partial charge in [0.2, 0.25) is 0 Å². The minimum absolute atomic E-state index is 0.161. The SMILES string of the molecule is C/C=C1/[C@H](O)C[C@H]2[C@@H]3CC[C@H]4C[C@@H](C)CC[C@]4(C)[C@H]3CC[C@]12C. The fourth-order valence-corrected chi connectivity index (χ4v) is 7.86. The summed E-state index contributed by atoms with van der Waals surface area (Å²) in [4.78, 5) is 0. The maximum atomic E-state index is 10.6. The largest absolute Gasteiger partial charge is 0.389 e. The molecule has 0 saturated heterocycles. The molecule has 1 N–H and O–H groups in total. The Morgan fingerprint density at radius 2 is 1.78 bits per heavy atom. The van der Waals surface area contributed by atoms with Crippen molar-refractivity contribution in [3.63, 3.8) is 0 Å². The lowest BCUT2D eigenvalue weighted by atomic mass is 9.44. The monoisotopic (exact) mass is 316 g/mol. The number of hydrogen-bond donors (Lipinski definition) is 1. The van der Waals surface area contributed by atoms with Crippen LogP contribution in [-0.2, 0) is 0 Å². The van der Waals surface area contributed by atoms with E-state index in [1.54, 1.807) is 0 Å². The first-order chi connectivity index (χ1) is 10.9. The van der Waals surface area contributed by atoms with Gasteiger partial charge >= 0.3 is 0 Å². The van der Waals surface area contributed by atoms with Crippen molar-refractivity contribution in [1.82, 2.24) is 0 Å². The van der Waals surface area contributed by atoms with Crippen molar-refractivity contribution in [3.05, 3.63) is 11.6 Å². The fourth-order valence-electron chi connectivity index (χ4n) is 7.86. The first-order valence-electron chi connectivity index (χ1n) is 10.2. The molecule has 4 aliphatic rings. The Labute approximate surface area is 142 Å². The van der Waals surface area contributed by atoms with Crippen molar-refractivity contribution in [2.45, 2.75) is 85.2 Å². The summed E-state index contributed by atoms with van der Waals surface area (Å²) in [7, 11) is 0. The molecule has 8 atom stereocenters. The van der Waals surface area contributed by atoms with Gasteiger partial charge in [-0.05, 0) is 97.9 Å². The van der Waals surface area contributed by atoms with E-state index in [2.05, 4.69) is 33.8 Å². The minimum Gasteiger partial charge on any atom is -0.389 e. The van der Waals surface area contributed by atoms with Crippen molar-refractivity contribution in [1.29, 1.82) is 0 Å². The topological polar surface area (TPSA) is 20.2 Å². The van der Waals surface area contributed by atoms with Crippen LogP contribution in [0.4, 0.5) is 0 Å². The second-order valence-corrected chi connectivity index (χ2v) is 9.99. The summed E-state index contributed by atoms with van der Waals surface area (Å²) in [5.41, 5.74) is 2.26. The average molecular weight is 317 g/mol. The molecule has 0 aromatic rings. The maximum absolute atomic E-state index is 10.6. The zero-order chi connectivity index (χ0) is 16.4. The zero-order valence-corrected chi connectivity index (χ0v) is 15.6. The van der Waals surface area contributed by atoms with E-state index in [0.717, 1.165) is 36.0 Å². The number of hydrogen-bond acceptors (Lipinski definition) is 1. The van der Waals surface area contributed by atoms with Gasteiger partial charge in [0.05, 0.1) is 6.10 Å². The number of aliphatic hydroxyl groups is 1. The van der Waals surface area contributed by atoms with Crippen LogP contribution in [0, 0.1) is 40.4 Å². The van der Waals surface area contributed by atoms with Gasteiger partial charge < -0.3 is 5.11 Å². The molecule has 0 radical (unpaired) electrons. The highest BCUT2D eigenvalue weighted by molar-refractivity contribution is 5.27. The third-order valence-electron chi connectivity index (χ3n) is 9.12. The quantitative estimate of drug-likeness (QED) is 0.578. The van der Waals surface area contributed by atoms with Crippen LogP contribution in [-0.4, -0.2) is 11.2 Å². The van der Waals surface area contributed by atoms with E-state index in [0.29, 0.717) is 10.8 Å². The van der Waals surface area contributed by atoms with Gasteiger partial charge in [0.25, 0.3) is 0 Å². The predicted molar refractivity (Wildman–Crippen MR) is 96.0 cm³/mol. The highest BCUT2D eigenvalue weighted by Gasteiger charge is 2.60. The van der Waals surface area contributed by atoms with Gasteiger partial charge in [-0.15, -0.1) is 0 Å². The van der Waals surface area contributed by atoms with E-state index < -0.39 is 0 Å². The lowest BCUT2D eigenvalue weighted by Gasteiger charge is -2.60. The van der Waals surface area contributed by atoms with Gasteiger partial charge in [-0.2, -0.15) is 0 Å². The van der Waals surface area contributed by atoms with Crippen molar-refractivity contribution >= 4 is 0 Å². The number of rotatable bonds is 0. The smallest absolute Gasteiger partial charge is 0.0758 e. The summed E-state index contributed by atoms with van der Waals surface area (Å²) in [5, 5.41) is 10.6. The normalized spacial score (nSPS) is 57.7. The lowest BCUT2D eigenvalue weighted by Crippen LogP contribution is -2.52. The molecule has 4 rings (SSSR count). The molecule has 23 heavy (non-hydrogen) atoms. The van der Waals surface area contributed by atoms with Gasteiger partial charge in [0.15, 0.2) is 0 Å². The van der Waals surface area contributed by atoms with Gasteiger partial charge in [-0.3, -0.25) is 0 Å². The highest BCUT2D eigenvalue weighted by atomic mass is 16.3. The molecular formula is C22H36O. The Hall–Kier alpha value is -0.300. The molecule has 4 fully saturated rings. The van der Waals surface area contributed by atoms with Crippen LogP contribution in [0.2, 0.25) is 0 Å². The van der Waals surface area contributed by atoms with Gasteiger partial charge in [0.1, 0.15) is 0 Å². The maximum Gasteiger partial charge on any atom is 0.0758 e. The molecule has 1 heteroatoms. The van der Waals surface area contributed by atoms with Crippen molar-refractivity contribution in [2.24, 2.45) is 40.4 Å². The van der Waals surface area contributed by atoms with Crippen molar-refractivity contribution in [2.75, 3.05) is 0 Å². The molecule has 0 unspecified atom stereocenters. The molecule has 4 aliphatic carbocycles. The summed E-state index contributed by atoms with van der Waals surface area (Å²) >= 11 is 0. The molecule has 0 heterocycles. The molecule has 1 nitrogen and oxygen atoms in total. The van der Waals surface area contributed by atoms with Crippen LogP contribution in [0.5, 0.6) is 0 Å². The molecule has 0 aromatic carbocycles. The summed E-state index contributed by atoms with van der Waals surface area (Å²) in [6, 6.07) is 0. The lowest BCUT2D eigenvalue weighted by molar-refractivity contribution is -0.105. The van der Waals surface area contributed by atoms with E-state index in [1.165, 1.54) is 50.5 Å². The molecule has 130 valence electrons. The van der Waals surface area contributed by atoms with Crippen molar-refractivity contribution in [3.8, 4) is 0 Å². The Morgan fingerprint density at radius 3 is 2.52 bits per heavy atom. The standard InChI is InChI=1S/C22H36O/c1-5-17-20(23)13-19-16-7-6-15-12-14(2)8-10-21(15,3)18(16)9-11-22(17,19)4/h5,14-16,18-20,23H,6-13H2,1-4H3/b17-5-/t14-,15-,16+,18-,19-,20+,21-,22+/m0/s1. The first-order valence-corrected chi connectivity index (χ1v) is 10.2. The Bertz CT molecular complexity index is 508. The third kappa shape index (κ3) is 2.14. The fraction of sp³-hybridized carbons (Fsp3) is 0.909. The molecule has 0 amide bonds. The van der Waals surface area contributed by atoms with Crippen LogP contribution in [0.15, 0.2) is 11.6 Å². The summed E-state index contributed by atoms with van der Waals surface area (Å²) in [6.07, 6.45) is 13.1. The van der Waals surface area contributed by atoms with Crippen LogP contribution in [0.1, 0.15) is 79.1 Å². The van der Waals surface area contributed by atoms with Crippen LogP contribution in [0.3, 0.4) is 0 Å². The molecule has 0 aromatic heterocycles. The Kier molecular flexibility index (Phi) is 3.76. The summed E-state index contributed by atoms with van der Waals surface area (Å²) in [5.74, 6) is 4.45. The molecule has 0 spiro atoms. The molecule has 0 aliphatic heterocycles. The Balaban J connectivity index is 1.65. The van der Waals surface area contributed by atoms with E-state index in [4.69, 9.17) is 0 Å². The predicted octanol–water partition coefficient (Wildman–Crippen LogP) is 5.58. The van der Waals surface area contributed by atoms with E-state index in [1.807, 2.05) is 0 Å². The van der Waals surface area contributed by atoms with Crippen LogP contribution >= 0.6 is 0 Å². The van der Waals surface area contributed by atoms with Crippen molar-refractivity contribution < 1.29 is 5.11 Å². The minimum atomic E-state index is -0.161. The van der Waals surface area contributed by atoms with Gasteiger partial charge in [-0.1, -0.05) is 33.3 Å². The van der Waals surface area contributed by atoms with Gasteiger partial charge in [-0.25, -0.2) is 0 Å². The van der Waals surface area contributed by atoms with Gasteiger partial charge in [0, 0.05) is 0 Å². The molecule has 0 bridgehead atoms. The zero-order valence-electron chi connectivity index (χ0n) is 15.6. The van der Waals surface area contributed by atoms with E-state index in [-0.39, 0.29) is 6.10 Å². The highest BCUT2D eigenvalue weighted by Crippen LogP contribution is 2.67. The number of allylic oxidation sites excluding steroid dienone is 1. The second-order valence-electron chi connectivity index (χ2n) is 9.99. The summed E-state index contributed by atoms with van der Waals surface area (Å²) < 4.78 is 0. The summed E-state index contributed by atoms with van der Waals surface area (Å²) in [6.45, 7) is 9.72. The third-order valence-corrected chi connectivity index (χ3v) is 9.12. The first kappa shape index (κ1) is 16.2. The van der Waals surface area contributed by atoms with Crippen LogP contribution in [0.25, 0.3) is 0 Å². The number of aliphatic hydroxyl groups excluding tert-OH is 1. The second kappa shape index (κ2) is 5.35.